The molecule has 8 heteroatoms. The van der Waals surface area contributed by atoms with Crippen LogP contribution in [0.15, 0.2) is 18.2 Å². The van der Waals surface area contributed by atoms with E-state index in [0.29, 0.717) is 24.4 Å². The molecule has 2 heterocycles. The van der Waals surface area contributed by atoms with E-state index in [-0.39, 0.29) is 31.1 Å². The molecule has 2 atom stereocenters. The predicted molar refractivity (Wildman–Crippen MR) is 83.9 cm³/mol. The van der Waals surface area contributed by atoms with Crippen molar-refractivity contribution in [2.24, 2.45) is 0 Å². The zero-order valence-electron chi connectivity index (χ0n) is 13.4. The number of ether oxygens (including phenoxy) is 2. The molecule has 130 valence electrons. The highest BCUT2D eigenvalue weighted by molar-refractivity contribution is 5.96. The van der Waals surface area contributed by atoms with Crippen LogP contribution in [0.25, 0.3) is 0 Å². The first-order valence-electron chi connectivity index (χ1n) is 7.86. The Labute approximate surface area is 139 Å². The Hall–Kier alpha value is -2.03. The fourth-order valence-corrected chi connectivity index (χ4v) is 2.86. The molecule has 0 aromatic heterocycles. The maximum Gasteiger partial charge on any atom is 0.255 e. The van der Waals surface area contributed by atoms with E-state index >= 15 is 0 Å². The van der Waals surface area contributed by atoms with Crippen molar-refractivity contribution >= 4 is 17.5 Å². The number of rotatable bonds is 4. The highest BCUT2D eigenvalue weighted by Gasteiger charge is 2.34. The summed E-state index contributed by atoms with van der Waals surface area (Å²) in [7, 11) is 0. The van der Waals surface area contributed by atoms with Gasteiger partial charge >= 0.3 is 0 Å². The topological polar surface area (TPSA) is 79.9 Å². The Bertz CT molecular complexity index is 634. The molecule has 2 amide bonds. The molecule has 3 rings (SSSR count). The van der Waals surface area contributed by atoms with Crippen molar-refractivity contribution in [3.63, 3.8) is 0 Å². The molecule has 0 spiro atoms. The normalized spacial score (nSPS) is 24.2. The van der Waals surface area contributed by atoms with Crippen LogP contribution in [0.1, 0.15) is 18.6 Å². The average molecular weight is 337 g/mol. The number of hydrogen-bond acceptors (Lipinski definition) is 5. The minimum Gasteiger partial charge on any atom is -0.371 e. The third-order valence-corrected chi connectivity index (χ3v) is 4.02. The summed E-state index contributed by atoms with van der Waals surface area (Å²) < 4.78 is 25.4. The molecule has 1 aromatic rings. The number of halogens is 1. The molecule has 0 aliphatic carbocycles. The van der Waals surface area contributed by atoms with Gasteiger partial charge in [-0.1, -0.05) is 6.07 Å². The predicted octanol–water partition coefficient (Wildman–Crippen LogP) is 0.312. The zero-order chi connectivity index (χ0) is 17.1. The van der Waals surface area contributed by atoms with Gasteiger partial charge in [0, 0.05) is 31.3 Å². The van der Waals surface area contributed by atoms with Gasteiger partial charge in [-0.05, 0) is 12.1 Å². The van der Waals surface area contributed by atoms with Gasteiger partial charge in [0.25, 0.3) is 5.91 Å². The van der Waals surface area contributed by atoms with Gasteiger partial charge < -0.3 is 20.1 Å². The molecule has 7 nitrogen and oxygen atoms in total. The van der Waals surface area contributed by atoms with Gasteiger partial charge in [0.15, 0.2) is 6.23 Å². The maximum atomic E-state index is 14.5. The van der Waals surface area contributed by atoms with Gasteiger partial charge in [-0.25, -0.2) is 4.39 Å². The Morgan fingerprint density at radius 3 is 2.96 bits per heavy atom. The van der Waals surface area contributed by atoms with Crippen molar-refractivity contribution in [1.29, 1.82) is 0 Å². The summed E-state index contributed by atoms with van der Waals surface area (Å²) in [5.41, 5.74) is 0.856. The lowest BCUT2D eigenvalue weighted by molar-refractivity contribution is -0.119. The maximum absolute atomic E-state index is 14.5. The lowest BCUT2D eigenvalue weighted by Gasteiger charge is -2.26. The summed E-state index contributed by atoms with van der Waals surface area (Å²) >= 11 is 0. The number of carbonyl (C=O) groups is 2. The average Bonchev–Trinajstić information content (AvgIpc) is 2.94. The number of carbonyl (C=O) groups excluding carboxylic acids is 2. The molecule has 1 aromatic carbocycles. The summed E-state index contributed by atoms with van der Waals surface area (Å²) in [6, 6.07) is 4.60. The van der Waals surface area contributed by atoms with Crippen LogP contribution in [0.2, 0.25) is 0 Å². The van der Waals surface area contributed by atoms with E-state index in [1.807, 2.05) is 0 Å². The fraction of sp³-hybridized carbons (Fsp3) is 0.500. The Kier molecular flexibility index (Phi) is 5.08. The van der Waals surface area contributed by atoms with Crippen LogP contribution in [-0.2, 0) is 19.1 Å². The van der Waals surface area contributed by atoms with Crippen molar-refractivity contribution in [2.75, 3.05) is 37.7 Å². The minimum atomic E-state index is -0.640. The number of anilines is 1. The van der Waals surface area contributed by atoms with Crippen LogP contribution in [0.3, 0.4) is 0 Å². The molecule has 0 radical (unpaired) electrons. The number of morpholine rings is 1. The summed E-state index contributed by atoms with van der Waals surface area (Å²) in [4.78, 5) is 24.5. The summed E-state index contributed by atoms with van der Waals surface area (Å²) in [5, 5.41) is 5.76. The van der Waals surface area contributed by atoms with E-state index in [9.17, 15) is 14.0 Å². The summed E-state index contributed by atoms with van der Waals surface area (Å²) in [6.07, 6.45) is -0.979. The molecule has 24 heavy (non-hydrogen) atoms. The van der Waals surface area contributed by atoms with Crippen LogP contribution < -0.4 is 15.5 Å². The standard InChI is InChI=1S/C16H20FN3O4/c1-10(21)19-8-16-20(15(22)9-24-16)11-2-3-12(13(17)6-11)14-7-18-4-5-23-14/h2-3,6,14,16,18H,4-5,7-9H2,1H3,(H,19,21)/t14?,16-/m0/s1. The van der Waals surface area contributed by atoms with Crippen molar-refractivity contribution < 1.29 is 23.5 Å². The molecule has 2 N–H and O–H groups in total. The van der Waals surface area contributed by atoms with Crippen molar-refractivity contribution in [1.82, 2.24) is 10.6 Å². The highest BCUT2D eigenvalue weighted by Crippen LogP contribution is 2.28. The van der Waals surface area contributed by atoms with E-state index in [0.717, 1.165) is 6.54 Å². The van der Waals surface area contributed by atoms with Crippen LogP contribution in [-0.4, -0.2) is 50.9 Å². The molecule has 0 saturated carbocycles. The fourth-order valence-electron chi connectivity index (χ4n) is 2.86. The van der Waals surface area contributed by atoms with Crippen LogP contribution in [0, 0.1) is 5.82 Å². The van der Waals surface area contributed by atoms with Crippen molar-refractivity contribution in [3.05, 3.63) is 29.6 Å². The number of nitrogens with zero attached hydrogens (tertiary/aromatic N) is 1. The van der Waals surface area contributed by atoms with E-state index in [1.54, 1.807) is 12.1 Å². The first-order valence-corrected chi connectivity index (χ1v) is 7.86. The smallest absolute Gasteiger partial charge is 0.255 e. The van der Waals surface area contributed by atoms with Crippen LogP contribution in [0.5, 0.6) is 0 Å². The SMILES string of the molecule is CC(=O)NC[C@@H]1OCC(=O)N1c1ccc(C2CNCCO2)c(F)c1. The lowest BCUT2D eigenvalue weighted by atomic mass is 10.1. The quantitative estimate of drug-likeness (QED) is 0.827. The van der Waals surface area contributed by atoms with E-state index in [1.165, 1.54) is 17.9 Å². The van der Waals surface area contributed by atoms with E-state index < -0.39 is 12.0 Å². The number of amides is 2. The summed E-state index contributed by atoms with van der Waals surface area (Å²) in [6.45, 7) is 3.27. The van der Waals surface area contributed by atoms with Gasteiger partial charge in [0.1, 0.15) is 12.4 Å². The largest absolute Gasteiger partial charge is 0.371 e. The number of benzene rings is 1. The van der Waals surface area contributed by atoms with E-state index in [4.69, 9.17) is 9.47 Å². The van der Waals surface area contributed by atoms with Gasteiger partial charge in [0.05, 0.1) is 19.3 Å². The van der Waals surface area contributed by atoms with Crippen molar-refractivity contribution in [2.45, 2.75) is 19.3 Å². The molecular formula is C16H20FN3O4. The third-order valence-electron chi connectivity index (χ3n) is 4.02. The lowest BCUT2D eigenvalue weighted by Crippen LogP contribution is -2.42. The zero-order valence-corrected chi connectivity index (χ0v) is 13.4. The molecular weight excluding hydrogens is 317 g/mol. The first kappa shape index (κ1) is 16.8. The van der Waals surface area contributed by atoms with Gasteiger partial charge in [0.2, 0.25) is 5.91 Å². The second-order valence-electron chi connectivity index (χ2n) is 5.74. The van der Waals surface area contributed by atoms with Gasteiger partial charge in [-0.2, -0.15) is 0 Å². The van der Waals surface area contributed by atoms with Gasteiger partial charge in [-0.3, -0.25) is 14.5 Å². The van der Waals surface area contributed by atoms with Crippen LogP contribution >= 0.6 is 0 Å². The molecule has 1 unspecified atom stereocenters. The Balaban J connectivity index is 1.78. The van der Waals surface area contributed by atoms with Gasteiger partial charge in [-0.15, -0.1) is 0 Å². The Morgan fingerprint density at radius 1 is 1.46 bits per heavy atom. The summed E-state index contributed by atoms with van der Waals surface area (Å²) in [5.74, 6) is -0.923. The second-order valence-corrected chi connectivity index (χ2v) is 5.74. The molecule has 2 aliphatic rings. The Morgan fingerprint density at radius 2 is 2.29 bits per heavy atom. The monoisotopic (exact) mass is 337 g/mol. The number of hydrogen-bond donors (Lipinski definition) is 2. The minimum absolute atomic E-state index is 0.0940. The molecule has 2 saturated heterocycles. The van der Waals surface area contributed by atoms with Crippen LogP contribution in [0.4, 0.5) is 10.1 Å². The second kappa shape index (κ2) is 7.25. The molecule has 2 aliphatic heterocycles. The van der Waals surface area contributed by atoms with E-state index in [2.05, 4.69) is 10.6 Å². The molecule has 2 fully saturated rings. The van der Waals surface area contributed by atoms with Crippen molar-refractivity contribution in [3.8, 4) is 0 Å². The first-order chi connectivity index (χ1) is 11.6. The highest BCUT2D eigenvalue weighted by atomic mass is 19.1. The molecule has 0 bridgehead atoms. The third kappa shape index (κ3) is 3.55. The number of nitrogens with one attached hydrogen (secondary N) is 2.